The number of ether oxygens (including phenoxy) is 1. The molecule has 0 saturated heterocycles. The van der Waals surface area contributed by atoms with Gasteiger partial charge < -0.3 is 10.1 Å². The summed E-state index contributed by atoms with van der Waals surface area (Å²) < 4.78 is 21.2. The molecular formula is C19H24FN3O2. The van der Waals surface area contributed by atoms with Crippen molar-refractivity contribution in [2.75, 3.05) is 13.2 Å². The molecular weight excluding hydrogens is 321 g/mol. The van der Waals surface area contributed by atoms with E-state index in [1.807, 2.05) is 0 Å². The maximum Gasteiger partial charge on any atom is 0.224 e. The monoisotopic (exact) mass is 345 g/mol. The van der Waals surface area contributed by atoms with Crippen LogP contribution in [0, 0.1) is 5.82 Å². The summed E-state index contributed by atoms with van der Waals surface area (Å²) >= 11 is 0. The van der Waals surface area contributed by atoms with Crippen LogP contribution in [0.4, 0.5) is 4.39 Å². The fourth-order valence-corrected chi connectivity index (χ4v) is 3.17. The first-order valence-corrected chi connectivity index (χ1v) is 8.84. The molecule has 0 saturated carbocycles. The summed E-state index contributed by atoms with van der Waals surface area (Å²) in [4.78, 5) is 12.0. The minimum absolute atomic E-state index is 0.0537. The molecule has 0 bridgehead atoms. The number of aryl methyl sites for hydroxylation is 1. The number of nitrogens with one attached hydrogen (secondary N) is 1. The van der Waals surface area contributed by atoms with E-state index in [0.29, 0.717) is 25.1 Å². The Bertz CT molecular complexity index is 742. The van der Waals surface area contributed by atoms with Gasteiger partial charge in [0.05, 0.1) is 25.3 Å². The van der Waals surface area contributed by atoms with Gasteiger partial charge in [-0.2, -0.15) is 5.10 Å². The van der Waals surface area contributed by atoms with Gasteiger partial charge in [0, 0.05) is 37.2 Å². The van der Waals surface area contributed by atoms with Gasteiger partial charge in [0.25, 0.3) is 0 Å². The van der Waals surface area contributed by atoms with Crippen LogP contribution in [0.25, 0.3) is 0 Å². The predicted molar refractivity (Wildman–Crippen MR) is 92.7 cm³/mol. The van der Waals surface area contributed by atoms with Gasteiger partial charge in [-0.3, -0.25) is 9.48 Å². The molecule has 1 aromatic heterocycles. The van der Waals surface area contributed by atoms with Crippen molar-refractivity contribution >= 4 is 5.91 Å². The van der Waals surface area contributed by atoms with Gasteiger partial charge >= 0.3 is 0 Å². The molecule has 2 heterocycles. The number of nitrogens with zero attached hydrogens (tertiary/aromatic N) is 2. The lowest BCUT2D eigenvalue weighted by molar-refractivity contribution is -0.120. The first-order chi connectivity index (χ1) is 12.2. The zero-order valence-corrected chi connectivity index (χ0v) is 14.6. The van der Waals surface area contributed by atoms with E-state index in [-0.39, 0.29) is 18.1 Å². The molecule has 6 heteroatoms. The van der Waals surface area contributed by atoms with E-state index >= 15 is 0 Å². The van der Waals surface area contributed by atoms with Gasteiger partial charge in [0.1, 0.15) is 5.82 Å². The topological polar surface area (TPSA) is 56.2 Å². The number of carbonyl (C=O) groups excluding carboxylic acids is 1. The van der Waals surface area contributed by atoms with Crippen molar-refractivity contribution in [1.29, 1.82) is 0 Å². The van der Waals surface area contributed by atoms with Gasteiger partial charge in [-0.15, -0.1) is 0 Å². The van der Waals surface area contributed by atoms with Crippen LogP contribution >= 0.6 is 0 Å². The Balaban J connectivity index is 1.57. The summed E-state index contributed by atoms with van der Waals surface area (Å²) in [5.41, 5.74) is 3.84. The summed E-state index contributed by atoms with van der Waals surface area (Å²) in [7, 11) is 0. The highest BCUT2D eigenvalue weighted by Crippen LogP contribution is 2.21. The van der Waals surface area contributed by atoms with E-state index in [2.05, 4.69) is 16.9 Å². The van der Waals surface area contributed by atoms with Crippen molar-refractivity contribution in [2.24, 2.45) is 0 Å². The van der Waals surface area contributed by atoms with E-state index in [9.17, 15) is 9.18 Å². The number of halogens is 1. The summed E-state index contributed by atoms with van der Waals surface area (Å²) in [6.07, 6.45) is 2.64. The SMILES string of the molecule is CCCn1nc(CCNC(=O)Cc2ccccc2F)c2c1CCOC2. The molecule has 0 fully saturated rings. The van der Waals surface area contributed by atoms with Gasteiger partial charge in [-0.25, -0.2) is 4.39 Å². The van der Waals surface area contributed by atoms with Crippen LogP contribution in [0.2, 0.25) is 0 Å². The Hall–Kier alpha value is -2.21. The molecule has 0 aliphatic carbocycles. The molecule has 1 N–H and O–H groups in total. The molecule has 2 aromatic rings. The lowest BCUT2D eigenvalue weighted by atomic mass is 10.1. The van der Waals surface area contributed by atoms with Crippen molar-refractivity contribution in [3.63, 3.8) is 0 Å². The van der Waals surface area contributed by atoms with Gasteiger partial charge in [0.15, 0.2) is 0 Å². The molecule has 1 aliphatic rings. The second-order valence-electron chi connectivity index (χ2n) is 6.27. The number of carbonyl (C=O) groups is 1. The highest BCUT2D eigenvalue weighted by Gasteiger charge is 2.20. The van der Waals surface area contributed by atoms with Crippen molar-refractivity contribution in [1.82, 2.24) is 15.1 Å². The van der Waals surface area contributed by atoms with Crippen LogP contribution in [-0.4, -0.2) is 28.8 Å². The molecule has 1 aromatic carbocycles. The maximum atomic E-state index is 13.6. The summed E-state index contributed by atoms with van der Waals surface area (Å²) in [6, 6.07) is 6.36. The van der Waals surface area contributed by atoms with Gasteiger partial charge in [-0.1, -0.05) is 25.1 Å². The summed E-state index contributed by atoms with van der Waals surface area (Å²) in [5.74, 6) is -0.523. The van der Waals surface area contributed by atoms with Crippen LogP contribution in [0.3, 0.4) is 0 Å². The molecule has 0 radical (unpaired) electrons. The van der Waals surface area contributed by atoms with Crippen LogP contribution in [0.5, 0.6) is 0 Å². The van der Waals surface area contributed by atoms with Crippen LogP contribution < -0.4 is 5.32 Å². The summed E-state index contributed by atoms with van der Waals surface area (Å²) in [5, 5.41) is 7.56. The van der Waals surface area contributed by atoms with Crippen molar-refractivity contribution < 1.29 is 13.9 Å². The molecule has 5 nitrogen and oxygen atoms in total. The molecule has 25 heavy (non-hydrogen) atoms. The second kappa shape index (κ2) is 8.25. The molecule has 0 atom stereocenters. The Morgan fingerprint density at radius 1 is 1.40 bits per heavy atom. The third kappa shape index (κ3) is 4.25. The van der Waals surface area contributed by atoms with E-state index in [4.69, 9.17) is 9.84 Å². The number of amides is 1. The molecule has 3 rings (SSSR count). The third-order valence-corrected chi connectivity index (χ3v) is 4.41. The van der Waals surface area contributed by atoms with Crippen LogP contribution in [-0.2, 0) is 41.9 Å². The molecule has 1 aliphatic heterocycles. The van der Waals surface area contributed by atoms with Crippen LogP contribution in [0.15, 0.2) is 24.3 Å². The Labute approximate surface area is 147 Å². The lowest BCUT2D eigenvalue weighted by Gasteiger charge is -2.15. The van der Waals surface area contributed by atoms with Crippen molar-refractivity contribution in [3.8, 4) is 0 Å². The van der Waals surface area contributed by atoms with E-state index in [0.717, 1.165) is 31.7 Å². The largest absolute Gasteiger partial charge is 0.376 e. The average Bonchev–Trinajstić information content (AvgIpc) is 2.96. The fraction of sp³-hybridized carbons (Fsp3) is 0.474. The minimum Gasteiger partial charge on any atom is -0.376 e. The first kappa shape index (κ1) is 17.6. The Kier molecular flexibility index (Phi) is 5.81. The Morgan fingerprint density at radius 3 is 3.04 bits per heavy atom. The average molecular weight is 345 g/mol. The number of hydrogen-bond acceptors (Lipinski definition) is 3. The lowest BCUT2D eigenvalue weighted by Crippen LogP contribution is -2.28. The first-order valence-electron chi connectivity index (χ1n) is 8.84. The van der Waals surface area contributed by atoms with E-state index in [1.54, 1.807) is 18.2 Å². The normalized spacial score (nSPS) is 13.5. The number of rotatable bonds is 7. The Morgan fingerprint density at radius 2 is 2.24 bits per heavy atom. The number of hydrogen-bond donors (Lipinski definition) is 1. The third-order valence-electron chi connectivity index (χ3n) is 4.41. The highest BCUT2D eigenvalue weighted by atomic mass is 19.1. The predicted octanol–water partition coefficient (Wildman–Crippen LogP) is 2.41. The second-order valence-corrected chi connectivity index (χ2v) is 6.27. The number of fused-ring (bicyclic) bond motifs is 1. The standard InChI is InChI=1S/C19H24FN3O2/c1-2-10-23-18-8-11-25-13-15(18)17(22-23)7-9-21-19(24)12-14-5-3-4-6-16(14)20/h3-6H,2,7-13H2,1H3,(H,21,24). The smallest absolute Gasteiger partial charge is 0.224 e. The van der Waals surface area contributed by atoms with Crippen LogP contribution in [0.1, 0.15) is 35.9 Å². The molecule has 0 spiro atoms. The quantitative estimate of drug-likeness (QED) is 0.838. The van der Waals surface area contributed by atoms with Gasteiger partial charge in [-0.05, 0) is 18.1 Å². The van der Waals surface area contributed by atoms with Gasteiger partial charge in [0.2, 0.25) is 5.91 Å². The molecule has 1 amide bonds. The van der Waals surface area contributed by atoms with E-state index < -0.39 is 0 Å². The maximum absolute atomic E-state index is 13.6. The zero-order valence-electron chi connectivity index (χ0n) is 14.6. The number of benzene rings is 1. The number of aromatic nitrogens is 2. The van der Waals surface area contributed by atoms with Crippen molar-refractivity contribution in [2.45, 2.75) is 45.8 Å². The van der Waals surface area contributed by atoms with Crippen molar-refractivity contribution in [3.05, 3.63) is 52.6 Å². The molecule has 0 unspecified atom stereocenters. The van der Waals surface area contributed by atoms with E-state index in [1.165, 1.54) is 17.3 Å². The molecule has 134 valence electrons. The highest BCUT2D eigenvalue weighted by molar-refractivity contribution is 5.78. The summed E-state index contributed by atoms with van der Waals surface area (Å²) in [6.45, 7) is 4.86. The minimum atomic E-state index is -0.345. The fourth-order valence-electron chi connectivity index (χ4n) is 3.17. The zero-order chi connectivity index (χ0) is 17.6.